The van der Waals surface area contributed by atoms with E-state index in [0.717, 1.165) is 32.2 Å². The van der Waals surface area contributed by atoms with E-state index in [9.17, 15) is 15.0 Å². The van der Waals surface area contributed by atoms with Gasteiger partial charge < -0.3 is 20.8 Å². The van der Waals surface area contributed by atoms with Crippen molar-refractivity contribution >= 4 is 5.91 Å². The quantitative estimate of drug-likeness (QED) is 0.524. The molecular formula is C13H26N2O3. The van der Waals surface area contributed by atoms with Crippen LogP contribution in [0.5, 0.6) is 0 Å². The van der Waals surface area contributed by atoms with Gasteiger partial charge in [-0.3, -0.25) is 4.79 Å². The maximum atomic E-state index is 12.5. The third-order valence-electron chi connectivity index (χ3n) is 4.02. The van der Waals surface area contributed by atoms with Crippen LogP contribution in [0.1, 0.15) is 46.0 Å². The molecule has 106 valence electrons. The van der Waals surface area contributed by atoms with Crippen molar-refractivity contribution in [3.8, 4) is 0 Å². The van der Waals surface area contributed by atoms with E-state index in [1.807, 2.05) is 6.92 Å². The zero-order chi connectivity index (χ0) is 13.6. The standard InChI is InChI=1S/C13H26N2O3/c1-3-6-13(7-5-8-14-13)11(18)15-12(4-2,9-16)10-17/h14,16-17H,3-10H2,1-2H3,(H,15,18). The van der Waals surface area contributed by atoms with E-state index in [0.29, 0.717) is 6.42 Å². The van der Waals surface area contributed by atoms with Crippen molar-refractivity contribution in [3.05, 3.63) is 0 Å². The molecule has 1 unspecified atom stereocenters. The molecule has 1 atom stereocenters. The Labute approximate surface area is 109 Å². The molecule has 0 bridgehead atoms. The highest BCUT2D eigenvalue weighted by molar-refractivity contribution is 5.87. The molecule has 0 saturated carbocycles. The van der Waals surface area contributed by atoms with Crippen LogP contribution in [-0.2, 0) is 4.79 Å². The van der Waals surface area contributed by atoms with Crippen molar-refractivity contribution in [2.75, 3.05) is 19.8 Å². The SMILES string of the molecule is CCCC1(C(=O)NC(CC)(CO)CO)CCCN1. The summed E-state index contributed by atoms with van der Waals surface area (Å²) in [4.78, 5) is 12.5. The number of nitrogens with one attached hydrogen (secondary N) is 2. The van der Waals surface area contributed by atoms with Crippen LogP contribution in [0, 0.1) is 0 Å². The molecule has 1 saturated heterocycles. The summed E-state index contributed by atoms with van der Waals surface area (Å²) in [5, 5.41) is 24.9. The van der Waals surface area contributed by atoms with Crippen LogP contribution in [0.3, 0.4) is 0 Å². The van der Waals surface area contributed by atoms with Gasteiger partial charge in [0, 0.05) is 0 Å². The second-order valence-corrected chi connectivity index (χ2v) is 5.27. The van der Waals surface area contributed by atoms with Crippen LogP contribution in [0.2, 0.25) is 0 Å². The summed E-state index contributed by atoms with van der Waals surface area (Å²) in [5.41, 5.74) is -1.42. The minimum atomic E-state index is -0.901. The number of hydrogen-bond donors (Lipinski definition) is 4. The topological polar surface area (TPSA) is 81.6 Å². The van der Waals surface area contributed by atoms with Crippen molar-refractivity contribution in [2.45, 2.75) is 57.0 Å². The van der Waals surface area contributed by atoms with Gasteiger partial charge >= 0.3 is 0 Å². The summed E-state index contributed by atoms with van der Waals surface area (Å²) in [7, 11) is 0. The molecule has 0 spiro atoms. The second-order valence-electron chi connectivity index (χ2n) is 5.27. The first-order valence-corrected chi connectivity index (χ1v) is 6.87. The number of aliphatic hydroxyl groups excluding tert-OH is 2. The van der Waals surface area contributed by atoms with Gasteiger partial charge in [-0.15, -0.1) is 0 Å². The minimum absolute atomic E-state index is 0.0909. The zero-order valence-corrected chi connectivity index (χ0v) is 11.5. The molecule has 5 heteroatoms. The van der Waals surface area contributed by atoms with E-state index in [1.54, 1.807) is 0 Å². The molecule has 18 heavy (non-hydrogen) atoms. The Hall–Kier alpha value is -0.650. The van der Waals surface area contributed by atoms with E-state index in [1.165, 1.54) is 0 Å². The summed E-state index contributed by atoms with van der Waals surface area (Å²) in [6.07, 6.45) is 4.04. The van der Waals surface area contributed by atoms with Gasteiger partial charge in [-0.25, -0.2) is 0 Å². The van der Waals surface area contributed by atoms with Crippen LogP contribution >= 0.6 is 0 Å². The van der Waals surface area contributed by atoms with E-state index in [-0.39, 0.29) is 19.1 Å². The summed E-state index contributed by atoms with van der Waals surface area (Å²) < 4.78 is 0. The van der Waals surface area contributed by atoms with E-state index >= 15 is 0 Å². The third kappa shape index (κ3) is 3.02. The van der Waals surface area contributed by atoms with Crippen LogP contribution in [0.15, 0.2) is 0 Å². The van der Waals surface area contributed by atoms with Crippen molar-refractivity contribution in [2.24, 2.45) is 0 Å². The fourth-order valence-corrected chi connectivity index (χ4v) is 2.56. The summed E-state index contributed by atoms with van der Waals surface area (Å²) in [6, 6.07) is 0. The van der Waals surface area contributed by atoms with E-state index < -0.39 is 11.1 Å². The molecule has 1 amide bonds. The first-order chi connectivity index (χ1) is 8.58. The number of rotatable bonds is 7. The summed E-state index contributed by atoms with van der Waals surface area (Å²) in [5.74, 6) is -0.0909. The highest BCUT2D eigenvalue weighted by Crippen LogP contribution is 2.26. The number of hydrogen-bond acceptors (Lipinski definition) is 4. The Kier molecular flexibility index (Phi) is 5.56. The molecular weight excluding hydrogens is 232 g/mol. The van der Waals surface area contributed by atoms with Crippen LogP contribution in [0.25, 0.3) is 0 Å². The summed E-state index contributed by atoms with van der Waals surface area (Å²) in [6.45, 7) is 4.27. The van der Waals surface area contributed by atoms with Gasteiger partial charge in [0.05, 0.1) is 24.3 Å². The van der Waals surface area contributed by atoms with Gasteiger partial charge in [0.1, 0.15) is 0 Å². The lowest BCUT2D eigenvalue weighted by atomic mass is 9.88. The molecule has 0 aromatic carbocycles. The Balaban J connectivity index is 2.78. The van der Waals surface area contributed by atoms with E-state index in [2.05, 4.69) is 17.6 Å². The maximum Gasteiger partial charge on any atom is 0.240 e. The van der Waals surface area contributed by atoms with Crippen LogP contribution in [-0.4, -0.2) is 47.0 Å². The number of carbonyl (C=O) groups excluding carboxylic acids is 1. The lowest BCUT2D eigenvalue weighted by Gasteiger charge is -2.36. The van der Waals surface area contributed by atoms with Crippen molar-refractivity contribution in [3.63, 3.8) is 0 Å². The average molecular weight is 258 g/mol. The molecule has 1 fully saturated rings. The van der Waals surface area contributed by atoms with Gasteiger partial charge in [-0.1, -0.05) is 20.3 Å². The maximum absolute atomic E-state index is 12.5. The Bertz CT molecular complexity index is 263. The average Bonchev–Trinajstić information content (AvgIpc) is 2.86. The molecule has 1 aliphatic rings. The molecule has 5 nitrogen and oxygen atoms in total. The second kappa shape index (κ2) is 6.50. The van der Waals surface area contributed by atoms with Crippen molar-refractivity contribution in [1.29, 1.82) is 0 Å². The Morgan fingerprint density at radius 3 is 2.44 bits per heavy atom. The lowest BCUT2D eigenvalue weighted by molar-refractivity contribution is -0.131. The molecule has 0 aromatic rings. The molecule has 0 aromatic heterocycles. The lowest BCUT2D eigenvalue weighted by Crippen LogP contribution is -2.62. The van der Waals surface area contributed by atoms with Gasteiger partial charge in [0.2, 0.25) is 5.91 Å². The van der Waals surface area contributed by atoms with Crippen LogP contribution in [0.4, 0.5) is 0 Å². The van der Waals surface area contributed by atoms with Gasteiger partial charge in [-0.2, -0.15) is 0 Å². The number of carbonyl (C=O) groups is 1. The fourth-order valence-electron chi connectivity index (χ4n) is 2.56. The third-order valence-corrected chi connectivity index (χ3v) is 4.02. The highest BCUT2D eigenvalue weighted by Gasteiger charge is 2.43. The molecule has 1 aliphatic heterocycles. The molecule has 1 heterocycles. The molecule has 4 N–H and O–H groups in total. The molecule has 0 radical (unpaired) electrons. The molecule has 0 aliphatic carbocycles. The normalized spacial score (nSPS) is 24.2. The summed E-state index contributed by atoms with van der Waals surface area (Å²) >= 11 is 0. The zero-order valence-electron chi connectivity index (χ0n) is 11.5. The van der Waals surface area contributed by atoms with Crippen LogP contribution < -0.4 is 10.6 Å². The number of amides is 1. The van der Waals surface area contributed by atoms with Gasteiger partial charge in [-0.05, 0) is 32.2 Å². The van der Waals surface area contributed by atoms with Crippen molar-refractivity contribution in [1.82, 2.24) is 10.6 Å². The number of aliphatic hydroxyl groups is 2. The highest BCUT2D eigenvalue weighted by atomic mass is 16.3. The van der Waals surface area contributed by atoms with E-state index in [4.69, 9.17) is 0 Å². The molecule has 1 rings (SSSR count). The van der Waals surface area contributed by atoms with Gasteiger partial charge in [0.15, 0.2) is 0 Å². The largest absolute Gasteiger partial charge is 0.394 e. The monoisotopic (exact) mass is 258 g/mol. The Morgan fingerprint density at radius 2 is 2.06 bits per heavy atom. The first kappa shape index (κ1) is 15.4. The predicted molar refractivity (Wildman–Crippen MR) is 70.2 cm³/mol. The van der Waals surface area contributed by atoms with Crippen molar-refractivity contribution < 1.29 is 15.0 Å². The predicted octanol–water partition coefficient (Wildman–Crippen LogP) is 0.158. The minimum Gasteiger partial charge on any atom is -0.394 e. The first-order valence-electron chi connectivity index (χ1n) is 6.87. The Morgan fingerprint density at radius 1 is 1.39 bits per heavy atom. The fraction of sp³-hybridized carbons (Fsp3) is 0.923. The smallest absolute Gasteiger partial charge is 0.240 e. The van der Waals surface area contributed by atoms with Gasteiger partial charge in [0.25, 0.3) is 0 Å².